The van der Waals surface area contributed by atoms with Gasteiger partial charge in [0, 0.05) is 32.1 Å². The Bertz CT molecular complexity index is 774. The SMILES string of the molecule is COc1ccc(N2C[C@H](C(=O)O[C@@H](C)C(=O)N3CCCCC3)CC2=O)c(OC)c1. The molecule has 29 heavy (non-hydrogen) atoms. The molecule has 158 valence electrons. The second kappa shape index (κ2) is 9.15. The maximum absolute atomic E-state index is 12.6. The minimum Gasteiger partial charge on any atom is -0.497 e. The summed E-state index contributed by atoms with van der Waals surface area (Å²) in [6.45, 7) is 3.18. The zero-order valence-electron chi connectivity index (χ0n) is 17.2. The molecule has 2 saturated heterocycles. The van der Waals surface area contributed by atoms with Gasteiger partial charge in [0.15, 0.2) is 6.10 Å². The molecule has 0 aromatic heterocycles. The van der Waals surface area contributed by atoms with Crippen molar-refractivity contribution in [3.63, 3.8) is 0 Å². The van der Waals surface area contributed by atoms with E-state index in [9.17, 15) is 14.4 Å². The van der Waals surface area contributed by atoms with Gasteiger partial charge in [0.05, 0.1) is 25.8 Å². The van der Waals surface area contributed by atoms with Crippen LogP contribution in [-0.2, 0) is 19.1 Å². The number of likely N-dealkylation sites (tertiary alicyclic amines) is 1. The normalized spacial score (nSPS) is 20.4. The van der Waals surface area contributed by atoms with Crippen molar-refractivity contribution < 1.29 is 28.6 Å². The van der Waals surface area contributed by atoms with Crippen molar-refractivity contribution in [2.75, 3.05) is 38.8 Å². The van der Waals surface area contributed by atoms with E-state index < -0.39 is 18.0 Å². The standard InChI is InChI=1S/C21H28N2O6/c1-14(20(25)22-9-5-4-6-10-22)29-21(26)15-11-19(24)23(13-15)17-8-7-16(27-2)12-18(17)28-3/h7-8,12,14-15H,4-6,9-11,13H2,1-3H3/t14-,15+/m0/s1. The number of nitrogens with zero attached hydrogens (tertiary/aromatic N) is 2. The summed E-state index contributed by atoms with van der Waals surface area (Å²) >= 11 is 0. The summed E-state index contributed by atoms with van der Waals surface area (Å²) in [5.41, 5.74) is 0.575. The third kappa shape index (κ3) is 4.63. The lowest BCUT2D eigenvalue weighted by Gasteiger charge is -2.29. The Morgan fingerprint density at radius 3 is 2.48 bits per heavy atom. The van der Waals surface area contributed by atoms with Gasteiger partial charge in [0.2, 0.25) is 5.91 Å². The van der Waals surface area contributed by atoms with Gasteiger partial charge in [0.1, 0.15) is 11.5 Å². The number of methoxy groups -OCH3 is 2. The van der Waals surface area contributed by atoms with E-state index in [0.29, 0.717) is 30.3 Å². The average Bonchev–Trinajstić information content (AvgIpc) is 3.14. The Balaban J connectivity index is 1.63. The van der Waals surface area contributed by atoms with Gasteiger partial charge < -0.3 is 24.0 Å². The van der Waals surface area contributed by atoms with E-state index in [2.05, 4.69) is 0 Å². The number of benzene rings is 1. The number of anilines is 1. The fraction of sp³-hybridized carbons (Fsp3) is 0.571. The van der Waals surface area contributed by atoms with Crippen molar-refractivity contribution in [2.24, 2.45) is 5.92 Å². The van der Waals surface area contributed by atoms with Gasteiger partial charge in [-0.15, -0.1) is 0 Å². The highest BCUT2D eigenvalue weighted by atomic mass is 16.5. The predicted molar refractivity (Wildman–Crippen MR) is 106 cm³/mol. The van der Waals surface area contributed by atoms with Crippen molar-refractivity contribution in [1.82, 2.24) is 4.90 Å². The highest BCUT2D eigenvalue weighted by Gasteiger charge is 2.38. The summed E-state index contributed by atoms with van der Waals surface area (Å²) in [6, 6.07) is 5.15. The van der Waals surface area contributed by atoms with Gasteiger partial charge in [-0.25, -0.2) is 0 Å². The molecule has 1 aromatic carbocycles. The number of piperidine rings is 1. The monoisotopic (exact) mass is 404 g/mol. The van der Waals surface area contributed by atoms with Crippen LogP contribution in [0, 0.1) is 5.92 Å². The second-order valence-electron chi connectivity index (χ2n) is 7.41. The molecule has 8 nitrogen and oxygen atoms in total. The van der Waals surface area contributed by atoms with Crippen LogP contribution in [0.4, 0.5) is 5.69 Å². The fourth-order valence-corrected chi connectivity index (χ4v) is 3.80. The van der Waals surface area contributed by atoms with Crippen LogP contribution in [-0.4, -0.2) is 62.6 Å². The molecule has 0 spiro atoms. The minimum absolute atomic E-state index is 0.0403. The summed E-state index contributed by atoms with van der Waals surface area (Å²) in [6.07, 6.45) is 2.26. The molecule has 2 heterocycles. The fourth-order valence-electron chi connectivity index (χ4n) is 3.80. The molecule has 0 N–H and O–H groups in total. The number of hydrogen-bond acceptors (Lipinski definition) is 6. The van der Waals surface area contributed by atoms with Crippen LogP contribution in [0.5, 0.6) is 11.5 Å². The Hall–Kier alpha value is -2.77. The molecule has 2 amide bonds. The van der Waals surface area contributed by atoms with E-state index in [1.54, 1.807) is 37.1 Å². The minimum atomic E-state index is -0.847. The molecule has 2 fully saturated rings. The van der Waals surface area contributed by atoms with Crippen molar-refractivity contribution >= 4 is 23.5 Å². The number of esters is 1. The third-order valence-corrected chi connectivity index (χ3v) is 5.44. The lowest BCUT2D eigenvalue weighted by Crippen LogP contribution is -2.43. The number of ether oxygens (including phenoxy) is 3. The summed E-state index contributed by atoms with van der Waals surface area (Å²) in [5.74, 6) is -0.405. The number of carbonyl (C=O) groups is 3. The quantitative estimate of drug-likeness (QED) is 0.674. The Morgan fingerprint density at radius 2 is 1.83 bits per heavy atom. The molecule has 1 aromatic rings. The molecule has 0 unspecified atom stereocenters. The van der Waals surface area contributed by atoms with Crippen molar-refractivity contribution in [3.8, 4) is 11.5 Å². The van der Waals surface area contributed by atoms with Crippen LogP contribution in [0.15, 0.2) is 18.2 Å². The first-order valence-corrected chi connectivity index (χ1v) is 9.96. The number of carbonyl (C=O) groups excluding carboxylic acids is 3. The van der Waals surface area contributed by atoms with Crippen LogP contribution in [0.25, 0.3) is 0 Å². The lowest BCUT2D eigenvalue weighted by atomic mass is 10.1. The topological polar surface area (TPSA) is 85.4 Å². The Morgan fingerprint density at radius 1 is 1.10 bits per heavy atom. The van der Waals surface area contributed by atoms with Crippen LogP contribution in [0.1, 0.15) is 32.6 Å². The predicted octanol–water partition coefficient (Wildman–Crippen LogP) is 2.00. The zero-order valence-corrected chi connectivity index (χ0v) is 17.2. The lowest BCUT2D eigenvalue weighted by molar-refractivity contribution is -0.162. The van der Waals surface area contributed by atoms with Crippen molar-refractivity contribution in [2.45, 2.75) is 38.7 Å². The molecule has 8 heteroatoms. The van der Waals surface area contributed by atoms with Gasteiger partial charge in [-0.3, -0.25) is 14.4 Å². The van der Waals surface area contributed by atoms with Crippen LogP contribution >= 0.6 is 0 Å². The maximum atomic E-state index is 12.6. The first-order valence-electron chi connectivity index (χ1n) is 9.96. The molecule has 2 atom stereocenters. The molecule has 0 aliphatic carbocycles. The smallest absolute Gasteiger partial charge is 0.312 e. The Labute approximate surface area is 170 Å². The first kappa shape index (κ1) is 21.0. The molecule has 0 radical (unpaired) electrons. The number of hydrogen-bond donors (Lipinski definition) is 0. The van der Waals surface area contributed by atoms with E-state index >= 15 is 0 Å². The van der Waals surface area contributed by atoms with E-state index in [0.717, 1.165) is 19.3 Å². The highest BCUT2D eigenvalue weighted by molar-refractivity contribution is 6.01. The molecular weight excluding hydrogens is 376 g/mol. The van der Waals surface area contributed by atoms with Crippen LogP contribution < -0.4 is 14.4 Å². The van der Waals surface area contributed by atoms with Gasteiger partial charge in [-0.05, 0) is 38.3 Å². The van der Waals surface area contributed by atoms with Gasteiger partial charge in [-0.2, -0.15) is 0 Å². The molecular formula is C21H28N2O6. The van der Waals surface area contributed by atoms with Crippen molar-refractivity contribution in [1.29, 1.82) is 0 Å². The van der Waals surface area contributed by atoms with E-state index in [1.807, 2.05) is 0 Å². The van der Waals surface area contributed by atoms with Gasteiger partial charge >= 0.3 is 5.97 Å². The van der Waals surface area contributed by atoms with E-state index in [1.165, 1.54) is 12.0 Å². The average molecular weight is 404 g/mol. The summed E-state index contributed by atoms with van der Waals surface area (Å²) < 4.78 is 16.0. The maximum Gasteiger partial charge on any atom is 0.312 e. The first-order chi connectivity index (χ1) is 13.9. The highest BCUT2D eigenvalue weighted by Crippen LogP contribution is 2.36. The molecule has 0 bridgehead atoms. The zero-order chi connectivity index (χ0) is 21.0. The summed E-state index contributed by atoms with van der Waals surface area (Å²) in [7, 11) is 3.06. The van der Waals surface area contributed by atoms with Crippen LogP contribution in [0.3, 0.4) is 0 Å². The van der Waals surface area contributed by atoms with E-state index in [4.69, 9.17) is 14.2 Å². The molecule has 0 saturated carbocycles. The number of rotatable bonds is 6. The molecule has 2 aliphatic heterocycles. The third-order valence-electron chi connectivity index (χ3n) is 5.44. The number of amides is 2. The molecule has 3 rings (SSSR count). The largest absolute Gasteiger partial charge is 0.497 e. The van der Waals surface area contributed by atoms with Crippen molar-refractivity contribution in [3.05, 3.63) is 18.2 Å². The summed E-state index contributed by atoms with van der Waals surface area (Å²) in [4.78, 5) is 40.9. The van der Waals surface area contributed by atoms with Gasteiger partial charge in [-0.1, -0.05) is 0 Å². The van der Waals surface area contributed by atoms with E-state index in [-0.39, 0.29) is 24.8 Å². The van der Waals surface area contributed by atoms with Gasteiger partial charge in [0.25, 0.3) is 5.91 Å². The second-order valence-corrected chi connectivity index (χ2v) is 7.41. The van der Waals surface area contributed by atoms with Crippen LogP contribution in [0.2, 0.25) is 0 Å². The summed E-state index contributed by atoms with van der Waals surface area (Å²) in [5, 5.41) is 0. The molecule has 2 aliphatic rings. The Kier molecular flexibility index (Phi) is 6.61.